The van der Waals surface area contributed by atoms with Gasteiger partial charge in [0.05, 0.1) is 10.7 Å². The fraction of sp³-hybridized carbons (Fsp3) is 0.500. The normalized spacial score (nSPS) is 19.4. The van der Waals surface area contributed by atoms with E-state index in [-0.39, 0.29) is 0 Å². The van der Waals surface area contributed by atoms with Crippen molar-refractivity contribution in [2.45, 2.75) is 32.2 Å². The molecule has 1 aromatic heterocycles. The number of aromatic nitrogens is 1. The Morgan fingerprint density at radius 1 is 1.23 bits per heavy atom. The van der Waals surface area contributed by atoms with Gasteiger partial charge in [-0.25, -0.2) is 4.98 Å². The van der Waals surface area contributed by atoms with Crippen molar-refractivity contribution in [3.63, 3.8) is 0 Å². The monoisotopic (exact) mass is 316 g/mol. The van der Waals surface area contributed by atoms with Crippen LogP contribution in [-0.4, -0.2) is 34.7 Å². The van der Waals surface area contributed by atoms with Crippen molar-refractivity contribution in [2.75, 3.05) is 19.7 Å². The highest BCUT2D eigenvalue weighted by Gasteiger charge is 2.19. The molecule has 3 nitrogen and oxygen atoms in total. The number of aryl methyl sites for hydroxylation is 2. The highest BCUT2D eigenvalue weighted by atomic mass is 32.1. The maximum absolute atomic E-state index is 9.32. The van der Waals surface area contributed by atoms with E-state index in [0.29, 0.717) is 12.5 Å². The highest BCUT2D eigenvalue weighted by molar-refractivity contribution is 7.09. The number of aliphatic hydroxyl groups is 1. The standard InChI is InChI=1S/C18H24N2OS/c21-13-16-7-4-10-20(11-16)12-17-14-22-18(19-17)9-8-15-5-2-1-3-6-15/h1-3,5-6,14,16,21H,4,7-13H2. The largest absolute Gasteiger partial charge is 0.396 e. The molecule has 1 fully saturated rings. The smallest absolute Gasteiger partial charge is 0.0932 e. The van der Waals surface area contributed by atoms with Crippen LogP contribution in [0.4, 0.5) is 0 Å². The molecule has 0 spiro atoms. The number of likely N-dealkylation sites (tertiary alicyclic amines) is 1. The zero-order valence-corrected chi connectivity index (χ0v) is 13.8. The van der Waals surface area contributed by atoms with Crippen LogP contribution in [0.25, 0.3) is 0 Å². The summed E-state index contributed by atoms with van der Waals surface area (Å²) >= 11 is 1.78. The van der Waals surface area contributed by atoms with E-state index in [0.717, 1.165) is 38.9 Å². The summed E-state index contributed by atoms with van der Waals surface area (Å²) in [5, 5.41) is 12.7. The third kappa shape index (κ3) is 4.38. The molecule has 0 aliphatic carbocycles. The fourth-order valence-electron chi connectivity index (χ4n) is 3.11. The zero-order chi connectivity index (χ0) is 15.2. The van der Waals surface area contributed by atoms with Gasteiger partial charge in [0.15, 0.2) is 0 Å². The molecule has 0 bridgehead atoms. The molecule has 0 saturated carbocycles. The second kappa shape index (κ2) is 7.86. The molecule has 2 heterocycles. The number of hydrogen-bond acceptors (Lipinski definition) is 4. The summed E-state index contributed by atoms with van der Waals surface area (Å²) in [5.74, 6) is 0.449. The first-order valence-corrected chi connectivity index (χ1v) is 9.02. The van der Waals surface area contributed by atoms with E-state index in [9.17, 15) is 5.11 Å². The van der Waals surface area contributed by atoms with Crippen LogP contribution < -0.4 is 0 Å². The van der Waals surface area contributed by atoms with Crippen LogP contribution in [0.15, 0.2) is 35.7 Å². The van der Waals surface area contributed by atoms with E-state index < -0.39 is 0 Å². The summed E-state index contributed by atoms with van der Waals surface area (Å²) in [5.41, 5.74) is 2.56. The Labute approximate surface area is 136 Å². The van der Waals surface area contributed by atoms with Gasteiger partial charge in [0.25, 0.3) is 0 Å². The molecule has 0 amide bonds. The van der Waals surface area contributed by atoms with Crippen LogP contribution in [-0.2, 0) is 19.4 Å². The van der Waals surface area contributed by atoms with E-state index in [1.165, 1.54) is 22.7 Å². The van der Waals surface area contributed by atoms with Gasteiger partial charge in [0.2, 0.25) is 0 Å². The van der Waals surface area contributed by atoms with Gasteiger partial charge in [-0.1, -0.05) is 30.3 Å². The van der Waals surface area contributed by atoms with Crippen molar-refractivity contribution in [2.24, 2.45) is 5.92 Å². The number of piperidine rings is 1. The Bertz CT molecular complexity index is 569. The Morgan fingerprint density at radius 2 is 2.09 bits per heavy atom. The molecule has 0 radical (unpaired) electrons. The van der Waals surface area contributed by atoms with Crippen LogP contribution >= 0.6 is 11.3 Å². The van der Waals surface area contributed by atoms with Crippen LogP contribution in [0.1, 0.15) is 29.1 Å². The predicted octanol–water partition coefficient (Wildman–Crippen LogP) is 3.13. The lowest BCUT2D eigenvalue weighted by Gasteiger charge is -2.31. The Balaban J connectivity index is 1.50. The van der Waals surface area contributed by atoms with Gasteiger partial charge in [0, 0.05) is 31.5 Å². The number of thiazole rings is 1. The third-order valence-corrected chi connectivity index (χ3v) is 5.27. The van der Waals surface area contributed by atoms with Crippen molar-refractivity contribution in [3.8, 4) is 0 Å². The van der Waals surface area contributed by atoms with Gasteiger partial charge in [-0.2, -0.15) is 0 Å². The van der Waals surface area contributed by atoms with Crippen molar-refractivity contribution in [1.82, 2.24) is 9.88 Å². The number of nitrogens with zero attached hydrogens (tertiary/aromatic N) is 2. The maximum Gasteiger partial charge on any atom is 0.0932 e. The number of rotatable bonds is 6. The average Bonchev–Trinajstić information content (AvgIpc) is 3.01. The average molecular weight is 316 g/mol. The van der Waals surface area contributed by atoms with Gasteiger partial charge in [-0.05, 0) is 37.3 Å². The third-order valence-electron chi connectivity index (χ3n) is 4.32. The summed E-state index contributed by atoms with van der Waals surface area (Å²) in [6.45, 7) is 3.38. The van der Waals surface area contributed by atoms with E-state index in [1.54, 1.807) is 11.3 Å². The molecule has 22 heavy (non-hydrogen) atoms. The maximum atomic E-state index is 9.32. The number of aliphatic hydroxyl groups excluding tert-OH is 1. The molecule has 1 aliphatic heterocycles. The van der Waals surface area contributed by atoms with Gasteiger partial charge in [0.1, 0.15) is 0 Å². The molecule has 1 N–H and O–H groups in total. The van der Waals surface area contributed by atoms with Crippen LogP contribution in [0.5, 0.6) is 0 Å². The van der Waals surface area contributed by atoms with Gasteiger partial charge in [-0.3, -0.25) is 4.90 Å². The summed E-state index contributed by atoms with van der Waals surface area (Å²) in [6.07, 6.45) is 4.43. The summed E-state index contributed by atoms with van der Waals surface area (Å²) in [6, 6.07) is 10.6. The Hall–Kier alpha value is -1.23. The summed E-state index contributed by atoms with van der Waals surface area (Å²) in [4.78, 5) is 7.22. The van der Waals surface area contributed by atoms with Gasteiger partial charge >= 0.3 is 0 Å². The molecular weight excluding hydrogens is 292 g/mol. The minimum Gasteiger partial charge on any atom is -0.396 e. The topological polar surface area (TPSA) is 36.4 Å². The van der Waals surface area contributed by atoms with Gasteiger partial charge < -0.3 is 5.11 Å². The molecule has 1 unspecified atom stereocenters. The molecule has 1 saturated heterocycles. The molecule has 3 rings (SSSR count). The Morgan fingerprint density at radius 3 is 2.91 bits per heavy atom. The molecular formula is C18H24N2OS. The highest BCUT2D eigenvalue weighted by Crippen LogP contribution is 2.19. The summed E-state index contributed by atoms with van der Waals surface area (Å²) in [7, 11) is 0. The molecule has 4 heteroatoms. The SMILES string of the molecule is OCC1CCCN(Cc2csc(CCc3ccccc3)n2)C1. The molecule has 1 atom stereocenters. The number of hydrogen-bond donors (Lipinski definition) is 1. The van der Waals surface area contributed by atoms with Crippen molar-refractivity contribution < 1.29 is 5.11 Å². The van der Waals surface area contributed by atoms with E-state index >= 15 is 0 Å². The minimum atomic E-state index is 0.315. The lowest BCUT2D eigenvalue weighted by Crippen LogP contribution is -2.36. The lowest BCUT2D eigenvalue weighted by atomic mass is 9.99. The van der Waals surface area contributed by atoms with E-state index in [4.69, 9.17) is 4.98 Å². The van der Waals surface area contributed by atoms with Gasteiger partial charge in [-0.15, -0.1) is 11.3 Å². The second-order valence-electron chi connectivity index (χ2n) is 6.14. The first-order valence-electron chi connectivity index (χ1n) is 8.14. The van der Waals surface area contributed by atoms with E-state index in [1.807, 2.05) is 0 Å². The quantitative estimate of drug-likeness (QED) is 0.889. The van der Waals surface area contributed by atoms with Crippen molar-refractivity contribution >= 4 is 11.3 Å². The van der Waals surface area contributed by atoms with Crippen LogP contribution in [0.2, 0.25) is 0 Å². The molecule has 2 aromatic rings. The first kappa shape index (κ1) is 15.7. The van der Waals surface area contributed by atoms with E-state index in [2.05, 4.69) is 40.6 Å². The van der Waals surface area contributed by atoms with Crippen molar-refractivity contribution in [1.29, 1.82) is 0 Å². The van der Waals surface area contributed by atoms with Crippen LogP contribution in [0.3, 0.4) is 0 Å². The number of benzene rings is 1. The molecule has 1 aliphatic rings. The first-order chi connectivity index (χ1) is 10.8. The fourth-order valence-corrected chi connectivity index (χ4v) is 3.89. The Kier molecular flexibility index (Phi) is 5.59. The van der Waals surface area contributed by atoms with Crippen molar-refractivity contribution in [3.05, 3.63) is 52.0 Å². The molecule has 118 valence electrons. The predicted molar refractivity (Wildman–Crippen MR) is 91.1 cm³/mol. The second-order valence-corrected chi connectivity index (χ2v) is 7.09. The zero-order valence-electron chi connectivity index (χ0n) is 12.9. The summed E-state index contributed by atoms with van der Waals surface area (Å²) < 4.78 is 0. The van der Waals surface area contributed by atoms with Crippen LogP contribution in [0, 0.1) is 5.92 Å². The minimum absolute atomic E-state index is 0.315. The molecule has 1 aromatic carbocycles. The lowest BCUT2D eigenvalue weighted by molar-refractivity contribution is 0.115.